The lowest BCUT2D eigenvalue weighted by Crippen LogP contribution is -2.51. The quantitative estimate of drug-likeness (QED) is 0.755. The van der Waals surface area contributed by atoms with E-state index in [9.17, 15) is 9.59 Å². The van der Waals surface area contributed by atoms with E-state index >= 15 is 0 Å². The zero-order valence-corrected chi connectivity index (χ0v) is 14.4. The zero-order chi connectivity index (χ0) is 18.0. The summed E-state index contributed by atoms with van der Waals surface area (Å²) in [4.78, 5) is 25.7. The molecule has 1 aliphatic heterocycles. The van der Waals surface area contributed by atoms with Crippen LogP contribution in [0, 0.1) is 0 Å². The molecule has 1 aromatic rings. The normalized spacial score (nSPS) is 26.2. The fraction of sp³-hybridized carbons (Fsp3) is 0.368. The van der Waals surface area contributed by atoms with Crippen LogP contribution in [-0.4, -0.2) is 57.8 Å². The molecule has 1 heterocycles. The van der Waals surface area contributed by atoms with Crippen LogP contribution in [-0.2, 0) is 28.5 Å². The SMILES string of the molecule is COC[C@H]1OC2=C(C(=O)C(c3ccccc3)=CC2=O)[C@@H](OC)[C@@H]1OC. The Labute approximate surface area is 146 Å². The molecule has 6 heteroatoms. The first kappa shape index (κ1) is 17.5. The molecule has 3 rings (SSSR count). The van der Waals surface area contributed by atoms with Crippen LogP contribution in [0.4, 0.5) is 0 Å². The minimum atomic E-state index is -0.710. The first-order chi connectivity index (χ1) is 12.1. The van der Waals surface area contributed by atoms with Crippen molar-refractivity contribution >= 4 is 17.1 Å². The maximum absolute atomic E-state index is 13.1. The second-order valence-electron chi connectivity index (χ2n) is 5.83. The van der Waals surface area contributed by atoms with E-state index in [0.29, 0.717) is 11.1 Å². The van der Waals surface area contributed by atoms with Crippen molar-refractivity contribution in [1.29, 1.82) is 0 Å². The predicted octanol–water partition coefficient (Wildman–Crippen LogP) is 1.55. The second-order valence-corrected chi connectivity index (χ2v) is 5.83. The number of ether oxygens (including phenoxy) is 4. The summed E-state index contributed by atoms with van der Waals surface area (Å²) in [6.07, 6.45) is -0.490. The molecule has 132 valence electrons. The molecule has 1 aliphatic carbocycles. The van der Waals surface area contributed by atoms with Gasteiger partial charge < -0.3 is 18.9 Å². The van der Waals surface area contributed by atoms with Gasteiger partial charge in [0.25, 0.3) is 0 Å². The molecule has 25 heavy (non-hydrogen) atoms. The molecule has 0 saturated heterocycles. The third kappa shape index (κ3) is 3.04. The van der Waals surface area contributed by atoms with Crippen molar-refractivity contribution in [2.75, 3.05) is 27.9 Å². The zero-order valence-electron chi connectivity index (χ0n) is 14.4. The van der Waals surface area contributed by atoms with Gasteiger partial charge in [-0.15, -0.1) is 0 Å². The molecule has 0 radical (unpaired) electrons. The summed E-state index contributed by atoms with van der Waals surface area (Å²) in [7, 11) is 4.52. The summed E-state index contributed by atoms with van der Waals surface area (Å²) in [5, 5.41) is 0. The smallest absolute Gasteiger partial charge is 0.221 e. The van der Waals surface area contributed by atoms with E-state index in [1.807, 2.05) is 18.2 Å². The maximum atomic E-state index is 13.1. The number of hydrogen-bond donors (Lipinski definition) is 0. The summed E-state index contributed by atoms with van der Waals surface area (Å²) in [6.45, 7) is 0.214. The van der Waals surface area contributed by atoms with Gasteiger partial charge in [0.15, 0.2) is 17.6 Å². The van der Waals surface area contributed by atoms with Gasteiger partial charge in [0.2, 0.25) is 5.78 Å². The van der Waals surface area contributed by atoms with Crippen molar-refractivity contribution in [3.05, 3.63) is 53.3 Å². The molecule has 0 amide bonds. The van der Waals surface area contributed by atoms with Gasteiger partial charge in [0.1, 0.15) is 12.2 Å². The first-order valence-electron chi connectivity index (χ1n) is 7.93. The van der Waals surface area contributed by atoms with Crippen molar-refractivity contribution in [3.8, 4) is 0 Å². The van der Waals surface area contributed by atoms with Gasteiger partial charge >= 0.3 is 0 Å². The Bertz CT molecular complexity index is 734. The highest BCUT2D eigenvalue weighted by molar-refractivity contribution is 6.37. The Balaban J connectivity index is 2.05. The van der Waals surface area contributed by atoms with Gasteiger partial charge in [0, 0.05) is 33.0 Å². The molecule has 0 aromatic heterocycles. The summed E-state index contributed by atoms with van der Waals surface area (Å²) >= 11 is 0. The van der Waals surface area contributed by atoms with Crippen LogP contribution in [0.2, 0.25) is 0 Å². The Morgan fingerprint density at radius 3 is 2.36 bits per heavy atom. The van der Waals surface area contributed by atoms with Crippen LogP contribution in [0.25, 0.3) is 5.57 Å². The average molecular weight is 344 g/mol. The Morgan fingerprint density at radius 2 is 1.76 bits per heavy atom. The number of carbonyl (C=O) groups excluding carboxylic acids is 2. The van der Waals surface area contributed by atoms with Crippen LogP contribution in [0.3, 0.4) is 0 Å². The second kappa shape index (κ2) is 7.31. The van der Waals surface area contributed by atoms with E-state index in [1.165, 1.54) is 27.4 Å². The van der Waals surface area contributed by atoms with Gasteiger partial charge in [-0.25, -0.2) is 0 Å². The first-order valence-corrected chi connectivity index (χ1v) is 7.93. The summed E-state index contributed by atoms with van der Waals surface area (Å²) in [5.41, 5.74) is 1.21. The van der Waals surface area contributed by atoms with E-state index in [0.717, 1.165) is 0 Å². The minimum absolute atomic E-state index is 0.0203. The number of benzene rings is 1. The van der Waals surface area contributed by atoms with Crippen LogP contribution in [0.1, 0.15) is 5.56 Å². The third-order valence-corrected chi connectivity index (χ3v) is 4.39. The number of hydrogen-bond acceptors (Lipinski definition) is 6. The molecule has 0 N–H and O–H groups in total. The molecular weight excluding hydrogens is 324 g/mol. The van der Waals surface area contributed by atoms with Crippen LogP contribution in [0.15, 0.2) is 47.7 Å². The number of allylic oxidation sites excluding steroid dienone is 2. The lowest BCUT2D eigenvalue weighted by Gasteiger charge is -2.39. The number of methoxy groups -OCH3 is 3. The highest BCUT2D eigenvalue weighted by Gasteiger charge is 2.47. The van der Waals surface area contributed by atoms with Crippen LogP contribution < -0.4 is 0 Å². The minimum Gasteiger partial charge on any atom is -0.481 e. The fourth-order valence-corrected chi connectivity index (χ4v) is 3.25. The van der Waals surface area contributed by atoms with Crippen LogP contribution >= 0.6 is 0 Å². The van der Waals surface area contributed by atoms with Gasteiger partial charge in [-0.1, -0.05) is 30.3 Å². The van der Waals surface area contributed by atoms with Crippen molar-refractivity contribution in [1.82, 2.24) is 0 Å². The molecule has 3 atom stereocenters. The van der Waals surface area contributed by atoms with E-state index in [-0.39, 0.29) is 29.5 Å². The Kier molecular flexibility index (Phi) is 5.13. The lowest BCUT2D eigenvalue weighted by atomic mass is 9.83. The van der Waals surface area contributed by atoms with E-state index < -0.39 is 18.3 Å². The van der Waals surface area contributed by atoms with Crippen molar-refractivity contribution < 1.29 is 28.5 Å². The Morgan fingerprint density at radius 1 is 1.04 bits per heavy atom. The summed E-state index contributed by atoms with van der Waals surface area (Å²) in [6, 6.07) is 9.05. The van der Waals surface area contributed by atoms with Gasteiger partial charge in [-0.3, -0.25) is 9.59 Å². The third-order valence-electron chi connectivity index (χ3n) is 4.39. The molecule has 0 unspecified atom stereocenters. The predicted molar refractivity (Wildman–Crippen MR) is 89.8 cm³/mol. The Hall–Kier alpha value is -2.28. The highest BCUT2D eigenvalue weighted by Crippen LogP contribution is 2.36. The standard InChI is InChI=1S/C19H20O6/c1-22-10-14-18(23-2)19(24-3)15-16(21)12(9-13(20)17(15)25-14)11-7-5-4-6-8-11/h4-9,14,18-19H,10H2,1-3H3/t14-,18-,19-/m1/s1. The van der Waals surface area contributed by atoms with Gasteiger partial charge in [-0.2, -0.15) is 0 Å². The average Bonchev–Trinajstić information content (AvgIpc) is 2.64. The molecule has 0 saturated carbocycles. The number of ketones is 2. The molecule has 6 nitrogen and oxygen atoms in total. The molecule has 1 aromatic carbocycles. The molecular formula is C19H20O6. The van der Waals surface area contributed by atoms with Crippen molar-refractivity contribution in [3.63, 3.8) is 0 Å². The largest absolute Gasteiger partial charge is 0.481 e. The monoisotopic (exact) mass is 344 g/mol. The fourth-order valence-electron chi connectivity index (χ4n) is 3.25. The highest BCUT2D eigenvalue weighted by atomic mass is 16.6. The summed E-state index contributed by atoms with van der Waals surface area (Å²) < 4.78 is 21.9. The molecule has 0 bridgehead atoms. The number of Topliss-reactive ketones (excluding diaryl/α,β-unsaturated/α-hetero) is 1. The van der Waals surface area contributed by atoms with Crippen LogP contribution in [0.5, 0.6) is 0 Å². The van der Waals surface area contributed by atoms with E-state index in [4.69, 9.17) is 18.9 Å². The van der Waals surface area contributed by atoms with Gasteiger partial charge in [-0.05, 0) is 5.56 Å². The van der Waals surface area contributed by atoms with E-state index in [2.05, 4.69) is 0 Å². The summed E-state index contributed by atoms with van der Waals surface area (Å²) in [5.74, 6) is -0.622. The number of carbonyl (C=O) groups is 2. The molecule has 0 spiro atoms. The molecule has 2 aliphatic rings. The van der Waals surface area contributed by atoms with Gasteiger partial charge in [0.05, 0.1) is 12.2 Å². The maximum Gasteiger partial charge on any atom is 0.221 e. The number of rotatable bonds is 5. The lowest BCUT2D eigenvalue weighted by molar-refractivity contribution is -0.143. The topological polar surface area (TPSA) is 71.1 Å². The van der Waals surface area contributed by atoms with Crippen molar-refractivity contribution in [2.24, 2.45) is 0 Å². The van der Waals surface area contributed by atoms with E-state index in [1.54, 1.807) is 12.1 Å². The van der Waals surface area contributed by atoms with Crippen molar-refractivity contribution in [2.45, 2.75) is 18.3 Å². The molecule has 0 fully saturated rings.